The van der Waals surface area contributed by atoms with Crippen molar-refractivity contribution < 1.29 is 0 Å². The van der Waals surface area contributed by atoms with E-state index in [1.54, 1.807) is 0 Å². The molecule has 1 aromatic carbocycles. The lowest BCUT2D eigenvalue weighted by atomic mass is 9.97. The van der Waals surface area contributed by atoms with Crippen molar-refractivity contribution in [3.63, 3.8) is 0 Å². The Labute approximate surface area is 105 Å². The molecule has 15 heavy (non-hydrogen) atoms. The highest BCUT2D eigenvalue weighted by atomic mass is 79.9. The summed E-state index contributed by atoms with van der Waals surface area (Å²) in [6, 6.07) is 6.40. The summed E-state index contributed by atoms with van der Waals surface area (Å²) in [6.07, 6.45) is 1.09. The Hall–Kier alpha value is -0.0500. The highest BCUT2D eigenvalue weighted by Crippen LogP contribution is 2.32. The van der Waals surface area contributed by atoms with E-state index in [1.807, 2.05) is 19.2 Å². The minimum Gasteiger partial charge on any atom is -0.313 e. The van der Waals surface area contributed by atoms with Crippen molar-refractivity contribution in [1.82, 2.24) is 5.32 Å². The van der Waals surface area contributed by atoms with Gasteiger partial charge < -0.3 is 5.32 Å². The van der Waals surface area contributed by atoms with Crippen LogP contribution in [0.15, 0.2) is 22.7 Å². The molecule has 0 heterocycles. The lowest BCUT2D eigenvalue weighted by molar-refractivity contribution is 0.457. The van der Waals surface area contributed by atoms with Crippen LogP contribution in [-0.4, -0.2) is 7.05 Å². The van der Waals surface area contributed by atoms with Gasteiger partial charge in [0.1, 0.15) is 0 Å². The van der Waals surface area contributed by atoms with Crippen molar-refractivity contribution in [3.8, 4) is 0 Å². The third-order valence-electron chi connectivity index (χ3n) is 2.41. The number of rotatable bonds is 4. The minimum absolute atomic E-state index is 0.329. The van der Waals surface area contributed by atoms with Gasteiger partial charge >= 0.3 is 0 Å². The molecule has 0 saturated heterocycles. The molecule has 0 bridgehead atoms. The van der Waals surface area contributed by atoms with Crippen LogP contribution in [0.3, 0.4) is 0 Å². The molecule has 0 spiro atoms. The monoisotopic (exact) mass is 289 g/mol. The van der Waals surface area contributed by atoms with Crippen LogP contribution in [0.2, 0.25) is 5.02 Å². The Bertz CT molecular complexity index is 325. The Kier molecular flexibility index (Phi) is 5.10. The number of hydrogen-bond acceptors (Lipinski definition) is 1. The lowest BCUT2D eigenvalue weighted by Crippen LogP contribution is -2.18. The van der Waals surface area contributed by atoms with Crippen LogP contribution in [0.1, 0.15) is 31.9 Å². The van der Waals surface area contributed by atoms with Gasteiger partial charge in [0.05, 0.1) is 5.02 Å². The molecule has 0 amide bonds. The molecule has 0 aromatic heterocycles. The third-order valence-corrected chi connectivity index (χ3v) is 3.72. The average molecular weight is 291 g/mol. The molecule has 0 aliphatic heterocycles. The second kappa shape index (κ2) is 5.88. The van der Waals surface area contributed by atoms with Gasteiger partial charge in [0.15, 0.2) is 0 Å². The molecule has 1 rings (SSSR count). The second-order valence-electron chi connectivity index (χ2n) is 4.11. The molecule has 1 nitrogen and oxygen atoms in total. The number of nitrogens with one attached hydrogen (secondary N) is 1. The first-order chi connectivity index (χ1) is 7.06. The fraction of sp³-hybridized carbons (Fsp3) is 0.500. The molecular weight excluding hydrogens is 273 g/mol. The van der Waals surface area contributed by atoms with Gasteiger partial charge in [-0.15, -0.1) is 0 Å². The van der Waals surface area contributed by atoms with E-state index in [0.29, 0.717) is 12.0 Å². The summed E-state index contributed by atoms with van der Waals surface area (Å²) in [5, 5.41) is 4.13. The summed E-state index contributed by atoms with van der Waals surface area (Å²) < 4.78 is 0.964. The lowest BCUT2D eigenvalue weighted by Gasteiger charge is -2.20. The van der Waals surface area contributed by atoms with E-state index in [4.69, 9.17) is 11.6 Å². The Morgan fingerprint density at radius 2 is 2.07 bits per heavy atom. The normalized spacial score (nSPS) is 13.2. The quantitative estimate of drug-likeness (QED) is 0.866. The third kappa shape index (κ3) is 3.47. The molecule has 0 aliphatic rings. The summed E-state index contributed by atoms with van der Waals surface area (Å²) >= 11 is 9.71. The molecule has 1 unspecified atom stereocenters. The van der Waals surface area contributed by atoms with Gasteiger partial charge in [0.2, 0.25) is 0 Å². The maximum atomic E-state index is 6.26. The SMILES string of the molecule is CNC(CC(C)C)c1cccc(Br)c1Cl. The van der Waals surface area contributed by atoms with Gasteiger partial charge in [-0.25, -0.2) is 0 Å². The molecule has 0 saturated carbocycles. The van der Waals surface area contributed by atoms with Crippen molar-refractivity contribution in [2.75, 3.05) is 7.05 Å². The molecule has 1 atom stereocenters. The summed E-state index contributed by atoms with van der Waals surface area (Å²) in [5.41, 5.74) is 1.17. The standard InChI is InChI=1S/C12H17BrClN/c1-8(2)7-11(15-3)9-5-4-6-10(13)12(9)14/h4-6,8,11,15H,7H2,1-3H3. The Morgan fingerprint density at radius 3 is 2.60 bits per heavy atom. The van der Waals surface area contributed by atoms with Gasteiger partial charge in [-0.2, -0.15) is 0 Å². The maximum Gasteiger partial charge on any atom is 0.0595 e. The topological polar surface area (TPSA) is 12.0 Å². The van der Waals surface area contributed by atoms with Crippen LogP contribution in [0.5, 0.6) is 0 Å². The zero-order chi connectivity index (χ0) is 11.4. The molecule has 3 heteroatoms. The predicted octanol–water partition coefficient (Wildman–Crippen LogP) is 4.41. The van der Waals surface area contributed by atoms with Crippen molar-refractivity contribution >= 4 is 27.5 Å². The van der Waals surface area contributed by atoms with Gasteiger partial charge in [-0.05, 0) is 46.9 Å². The van der Waals surface area contributed by atoms with E-state index in [9.17, 15) is 0 Å². The smallest absolute Gasteiger partial charge is 0.0595 e. The molecule has 0 radical (unpaired) electrons. The molecule has 1 N–H and O–H groups in total. The highest BCUT2D eigenvalue weighted by Gasteiger charge is 2.15. The molecule has 1 aromatic rings. The van der Waals surface area contributed by atoms with Gasteiger partial charge in [0.25, 0.3) is 0 Å². The van der Waals surface area contributed by atoms with Crippen LogP contribution in [0.4, 0.5) is 0 Å². The van der Waals surface area contributed by atoms with Gasteiger partial charge in [-0.3, -0.25) is 0 Å². The van der Waals surface area contributed by atoms with E-state index in [0.717, 1.165) is 15.9 Å². The largest absolute Gasteiger partial charge is 0.313 e. The predicted molar refractivity (Wildman–Crippen MR) is 70.4 cm³/mol. The summed E-state index contributed by atoms with van der Waals surface area (Å²) in [5.74, 6) is 0.650. The Balaban J connectivity index is 2.96. The van der Waals surface area contributed by atoms with E-state index in [2.05, 4.69) is 41.2 Å². The number of halogens is 2. The van der Waals surface area contributed by atoms with E-state index < -0.39 is 0 Å². The minimum atomic E-state index is 0.329. The summed E-state index contributed by atoms with van der Waals surface area (Å²) in [4.78, 5) is 0. The maximum absolute atomic E-state index is 6.26. The molecule has 84 valence electrons. The van der Waals surface area contributed by atoms with Crippen LogP contribution in [0, 0.1) is 5.92 Å². The molecular formula is C12H17BrClN. The van der Waals surface area contributed by atoms with Crippen LogP contribution < -0.4 is 5.32 Å². The van der Waals surface area contributed by atoms with Crippen LogP contribution in [-0.2, 0) is 0 Å². The van der Waals surface area contributed by atoms with E-state index >= 15 is 0 Å². The molecule has 0 aliphatic carbocycles. The summed E-state index contributed by atoms with van der Waals surface area (Å²) in [7, 11) is 1.98. The van der Waals surface area contributed by atoms with Crippen molar-refractivity contribution in [2.24, 2.45) is 5.92 Å². The van der Waals surface area contributed by atoms with Crippen LogP contribution >= 0.6 is 27.5 Å². The van der Waals surface area contributed by atoms with E-state index in [1.165, 1.54) is 5.56 Å². The second-order valence-corrected chi connectivity index (χ2v) is 5.35. The molecule has 0 fully saturated rings. The van der Waals surface area contributed by atoms with Gasteiger partial charge in [-0.1, -0.05) is 37.6 Å². The number of hydrogen-bond donors (Lipinski definition) is 1. The average Bonchev–Trinajstić information content (AvgIpc) is 2.19. The first kappa shape index (κ1) is 13.0. The first-order valence-electron chi connectivity index (χ1n) is 5.17. The highest BCUT2D eigenvalue weighted by molar-refractivity contribution is 9.10. The first-order valence-corrected chi connectivity index (χ1v) is 6.34. The zero-order valence-electron chi connectivity index (χ0n) is 9.35. The fourth-order valence-electron chi connectivity index (χ4n) is 1.66. The van der Waals surface area contributed by atoms with Crippen molar-refractivity contribution in [3.05, 3.63) is 33.3 Å². The van der Waals surface area contributed by atoms with Crippen molar-refractivity contribution in [1.29, 1.82) is 0 Å². The van der Waals surface area contributed by atoms with Crippen molar-refractivity contribution in [2.45, 2.75) is 26.3 Å². The zero-order valence-corrected chi connectivity index (χ0v) is 11.7. The fourth-order valence-corrected chi connectivity index (χ4v) is 2.30. The number of benzene rings is 1. The van der Waals surface area contributed by atoms with E-state index in [-0.39, 0.29) is 0 Å². The Morgan fingerprint density at radius 1 is 1.40 bits per heavy atom. The summed E-state index contributed by atoms with van der Waals surface area (Å²) in [6.45, 7) is 4.44. The van der Waals surface area contributed by atoms with Crippen LogP contribution in [0.25, 0.3) is 0 Å². The van der Waals surface area contributed by atoms with Gasteiger partial charge in [0, 0.05) is 10.5 Å².